The highest BCUT2D eigenvalue weighted by Crippen LogP contribution is 2.27. The zero-order chi connectivity index (χ0) is 14.4. The van der Waals surface area contributed by atoms with Crippen molar-refractivity contribution in [2.24, 2.45) is 16.3 Å². The average molecular weight is 409 g/mol. The smallest absolute Gasteiger partial charge is 0.191 e. The molecule has 0 unspecified atom stereocenters. The SMILES string of the molecule is CCNC(=NCC1(C)COC1)NC1CCC(CC)CC1.I. The van der Waals surface area contributed by atoms with E-state index in [1.54, 1.807) is 0 Å². The average Bonchev–Trinajstić information content (AvgIpc) is 2.44. The van der Waals surface area contributed by atoms with Crippen LogP contribution in [0, 0.1) is 11.3 Å². The Morgan fingerprint density at radius 1 is 1.19 bits per heavy atom. The lowest BCUT2D eigenvalue weighted by atomic mass is 9.84. The van der Waals surface area contributed by atoms with Gasteiger partial charge in [-0.2, -0.15) is 0 Å². The number of rotatable bonds is 5. The number of halogens is 1. The summed E-state index contributed by atoms with van der Waals surface area (Å²) in [5.74, 6) is 1.93. The Kier molecular flexibility index (Phi) is 8.31. The summed E-state index contributed by atoms with van der Waals surface area (Å²) in [7, 11) is 0. The molecule has 2 N–H and O–H groups in total. The number of ether oxygens (including phenoxy) is 1. The van der Waals surface area contributed by atoms with Crippen LogP contribution in [0.3, 0.4) is 0 Å². The number of hydrogen-bond acceptors (Lipinski definition) is 2. The van der Waals surface area contributed by atoms with Crippen molar-refractivity contribution in [3.63, 3.8) is 0 Å². The molecule has 1 saturated heterocycles. The normalized spacial score (nSPS) is 28.2. The van der Waals surface area contributed by atoms with E-state index < -0.39 is 0 Å². The minimum Gasteiger partial charge on any atom is -0.380 e. The second-order valence-corrected chi connectivity index (χ2v) is 6.77. The van der Waals surface area contributed by atoms with Gasteiger partial charge in [0.15, 0.2) is 5.96 Å². The molecule has 0 atom stereocenters. The molecule has 0 aromatic carbocycles. The summed E-state index contributed by atoms with van der Waals surface area (Å²) in [5, 5.41) is 6.99. The van der Waals surface area contributed by atoms with Gasteiger partial charge >= 0.3 is 0 Å². The van der Waals surface area contributed by atoms with Gasteiger partial charge in [0, 0.05) is 18.0 Å². The first-order chi connectivity index (χ1) is 9.65. The van der Waals surface area contributed by atoms with Gasteiger partial charge in [0.2, 0.25) is 0 Å². The maximum absolute atomic E-state index is 5.29. The summed E-state index contributed by atoms with van der Waals surface area (Å²) in [6.45, 7) is 10.1. The van der Waals surface area contributed by atoms with E-state index in [4.69, 9.17) is 9.73 Å². The maximum atomic E-state index is 5.29. The highest BCUT2D eigenvalue weighted by atomic mass is 127. The molecule has 2 rings (SSSR count). The van der Waals surface area contributed by atoms with E-state index in [2.05, 4.69) is 31.4 Å². The quantitative estimate of drug-likeness (QED) is 0.417. The van der Waals surface area contributed by atoms with Gasteiger partial charge in [0.1, 0.15) is 0 Å². The first-order valence-electron chi connectivity index (χ1n) is 8.28. The van der Waals surface area contributed by atoms with Crippen LogP contribution in [-0.4, -0.2) is 38.3 Å². The minimum absolute atomic E-state index is 0. The molecule has 5 heteroatoms. The molecule has 4 nitrogen and oxygen atoms in total. The van der Waals surface area contributed by atoms with Crippen LogP contribution in [0.2, 0.25) is 0 Å². The lowest BCUT2D eigenvalue weighted by Gasteiger charge is -2.37. The molecule has 0 aromatic heterocycles. The van der Waals surface area contributed by atoms with Crippen molar-refractivity contribution >= 4 is 29.9 Å². The third kappa shape index (κ3) is 5.93. The highest BCUT2D eigenvalue weighted by Gasteiger charge is 2.33. The molecule has 1 aliphatic carbocycles. The Morgan fingerprint density at radius 2 is 1.86 bits per heavy atom. The van der Waals surface area contributed by atoms with Crippen molar-refractivity contribution in [3.8, 4) is 0 Å². The van der Waals surface area contributed by atoms with Crippen molar-refractivity contribution in [1.29, 1.82) is 0 Å². The lowest BCUT2D eigenvalue weighted by molar-refractivity contribution is -0.0945. The fourth-order valence-corrected chi connectivity index (χ4v) is 3.04. The molecule has 0 radical (unpaired) electrons. The van der Waals surface area contributed by atoms with Crippen LogP contribution in [0.25, 0.3) is 0 Å². The first kappa shape index (κ1) is 19.0. The molecular weight excluding hydrogens is 377 g/mol. The monoisotopic (exact) mass is 409 g/mol. The third-order valence-electron chi connectivity index (χ3n) is 4.63. The van der Waals surface area contributed by atoms with E-state index in [0.29, 0.717) is 6.04 Å². The Balaban J connectivity index is 0.00000220. The van der Waals surface area contributed by atoms with Crippen molar-refractivity contribution in [2.45, 2.75) is 58.9 Å². The first-order valence-corrected chi connectivity index (χ1v) is 8.28. The molecule has 2 fully saturated rings. The zero-order valence-corrected chi connectivity index (χ0v) is 16.1. The van der Waals surface area contributed by atoms with Gasteiger partial charge in [-0.3, -0.25) is 4.99 Å². The summed E-state index contributed by atoms with van der Waals surface area (Å²) in [4.78, 5) is 4.75. The van der Waals surface area contributed by atoms with Crippen LogP contribution in [0.5, 0.6) is 0 Å². The third-order valence-corrected chi connectivity index (χ3v) is 4.63. The topological polar surface area (TPSA) is 45.7 Å². The van der Waals surface area contributed by atoms with Crippen LogP contribution in [0.4, 0.5) is 0 Å². The van der Waals surface area contributed by atoms with Crippen molar-refractivity contribution < 1.29 is 4.74 Å². The molecule has 1 aliphatic heterocycles. The summed E-state index contributed by atoms with van der Waals surface area (Å²) in [5.41, 5.74) is 0.252. The number of aliphatic imine (C=N–C) groups is 1. The molecule has 1 saturated carbocycles. The Hall–Kier alpha value is -0.0400. The molecule has 0 spiro atoms. The van der Waals surface area contributed by atoms with Crippen LogP contribution in [0.1, 0.15) is 52.9 Å². The summed E-state index contributed by atoms with van der Waals surface area (Å²) in [6, 6.07) is 0.598. The van der Waals surface area contributed by atoms with E-state index in [1.807, 2.05) is 0 Å². The van der Waals surface area contributed by atoms with Crippen molar-refractivity contribution in [2.75, 3.05) is 26.3 Å². The fraction of sp³-hybridized carbons (Fsp3) is 0.938. The van der Waals surface area contributed by atoms with Gasteiger partial charge in [0.25, 0.3) is 0 Å². The molecule has 21 heavy (non-hydrogen) atoms. The second kappa shape index (κ2) is 9.18. The molecule has 124 valence electrons. The number of hydrogen-bond donors (Lipinski definition) is 2. The number of guanidine groups is 1. The van der Waals surface area contributed by atoms with E-state index in [0.717, 1.165) is 38.2 Å². The molecule has 0 bridgehead atoms. The molecule has 1 heterocycles. The van der Waals surface area contributed by atoms with Gasteiger partial charge in [-0.05, 0) is 38.5 Å². The van der Waals surface area contributed by atoms with Gasteiger partial charge in [-0.25, -0.2) is 0 Å². The maximum Gasteiger partial charge on any atom is 0.191 e. The van der Waals surface area contributed by atoms with E-state index in [1.165, 1.54) is 32.1 Å². The van der Waals surface area contributed by atoms with Gasteiger partial charge in [-0.1, -0.05) is 20.3 Å². The molecule has 0 aromatic rings. The highest BCUT2D eigenvalue weighted by molar-refractivity contribution is 14.0. The van der Waals surface area contributed by atoms with Crippen LogP contribution >= 0.6 is 24.0 Å². The minimum atomic E-state index is 0. The largest absolute Gasteiger partial charge is 0.380 e. The Bertz CT molecular complexity index is 323. The fourth-order valence-electron chi connectivity index (χ4n) is 3.04. The number of nitrogens with one attached hydrogen (secondary N) is 2. The van der Waals surface area contributed by atoms with E-state index in [-0.39, 0.29) is 29.4 Å². The van der Waals surface area contributed by atoms with Crippen LogP contribution in [0.15, 0.2) is 4.99 Å². The Labute approximate surface area is 146 Å². The predicted molar refractivity (Wildman–Crippen MR) is 99.5 cm³/mol. The van der Waals surface area contributed by atoms with Gasteiger partial charge in [-0.15, -0.1) is 24.0 Å². The second-order valence-electron chi connectivity index (χ2n) is 6.77. The molecular formula is C16H32IN3O. The van der Waals surface area contributed by atoms with Gasteiger partial charge < -0.3 is 15.4 Å². The molecule has 0 amide bonds. The van der Waals surface area contributed by atoms with Crippen LogP contribution in [-0.2, 0) is 4.74 Å². The van der Waals surface area contributed by atoms with Crippen molar-refractivity contribution in [3.05, 3.63) is 0 Å². The van der Waals surface area contributed by atoms with Crippen molar-refractivity contribution in [1.82, 2.24) is 10.6 Å². The number of nitrogens with zero attached hydrogens (tertiary/aromatic N) is 1. The standard InChI is InChI=1S/C16H31N3O.HI/c1-4-13-6-8-14(9-7-13)19-15(17-5-2)18-10-16(3)11-20-12-16;/h13-14H,4-12H2,1-3H3,(H2,17,18,19);1H. The summed E-state index contributed by atoms with van der Waals surface area (Å²) in [6.07, 6.45) is 6.62. The predicted octanol–water partition coefficient (Wildman–Crippen LogP) is 3.16. The zero-order valence-electron chi connectivity index (χ0n) is 13.8. The van der Waals surface area contributed by atoms with Crippen LogP contribution < -0.4 is 10.6 Å². The van der Waals surface area contributed by atoms with E-state index in [9.17, 15) is 0 Å². The summed E-state index contributed by atoms with van der Waals surface area (Å²) < 4.78 is 5.29. The van der Waals surface area contributed by atoms with E-state index >= 15 is 0 Å². The lowest BCUT2D eigenvalue weighted by Crippen LogP contribution is -2.47. The Morgan fingerprint density at radius 3 is 2.33 bits per heavy atom. The van der Waals surface area contributed by atoms with Gasteiger partial charge in [0.05, 0.1) is 19.8 Å². The molecule has 2 aliphatic rings. The summed E-state index contributed by atoms with van der Waals surface area (Å²) >= 11 is 0.